The summed E-state index contributed by atoms with van der Waals surface area (Å²) in [5.74, 6) is 0.942. The zero-order chi connectivity index (χ0) is 11.3. The van der Waals surface area contributed by atoms with Crippen molar-refractivity contribution in [2.45, 2.75) is 34.6 Å². The van der Waals surface area contributed by atoms with Crippen molar-refractivity contribution in [1.29, 1.82) is 0 Å². The normalized spacial score (nSPS) is 12.1. The molecule has 0 aliphatic rings. The van der Waals surface area contributed by atoms with Gasteiger partial charge in [-0.25, -0.2) is 0 Å². The summed E-state index contributed by atoms with van der Waals surface area (Å²) >= 11 is 0. The van der Waals surface area contributed by atoms with Gasteiger partial charge in [-0.1, -0.05) is 46.9 Å². The molecule has 0 saturated heterocycles. The molecule has 0 aliphatic heterocycles. The van der Waals surface area contributed by atoms with E-state index in [1.165, 1.54) is 5.57 Å². The molecule has 80 valence electrons. The summed E-state index contributed by atoms with van der Waals surface area (Å²) in [6.07, 6.45) is 2.10. The van der Waals surface area contributed by atoms with E-state index in [-0.39, 0.29) is 0 Å². The van der Waals surface area contributed by atoms with E-state index >= 15 is 0 Å². The predicted octanol–water partition coefficient (Wildman–Crippen LogP) is 3.86. The highest BCUT2D eigenvalue weighted by atomic mass is 14.9. The van der Waals surface area contributed by atoms with Crippen LogP contribution in [0.15, 0.2) is 36.2 Å². The molecule has 0 heterocycles. The average Bonchev–Trinajstić information content (AvgIpc) is 2.04. The van der Waals surface area contributed by atoms with Crippen LogP contribution in [-0.4, -0.2) is 0 Å². The summed E-state index contributed by atoms with van der Waals surface area (Å²) in [6.45, 7) is 18.6. The minimum absolute atomic E-state index is 0.442. The van der Waals surface area contributed by atoms with Crippen LogP contribution in [0, 0.1) is 11.8 Å². The molecule has 1 nitrogen and oxygen atoms in total. The van der Waals surface area contributed by atoms with Gasteiger partial charge in [-0.05, 0) is 24.3 Å². The highest BCUT2D eigenvalue weighted by Gasteiger charge is 2.08. The van der Waals surface area contributed by atoms with E-state index in [1.54, 1.807) is 0 Å². The highest BCUT2D eigenvalue weighted by molar-refractivity contribution is 5.30. The van der Waals surface area contributed by atoms with Crippen molar-refractivity contribution in [1.82, 2.24) is 5.32 Å². The molecule has 0 radical (unpaired) electrons. The fourth-order valence-electron chi connectivity index (χ4n) is 1.27. The molecule has 0 rings (SSSR count). The van der Waals surface area contributed by atoms with E-state index in [2.05, 4.69) is 52.2 Å². The molecular weight excluding hydrogens is 170 g/mol. The smallest absolute Gasteiger partial charge is 0.0340 e. The molecule has 14 heavy (non-hydrogen) atoms. The van der Waals surface area contributed by atoms with Crippen LogP contribution >= 0.6 is 0 Å². The Morgan fingerprint density at radius 3 is 1.86 bits per heavy atom. The van der Waals surface area contributed by atoms with E-state index in [4.69, 9.17) is 0 Å². The van der Waals surface area contributed by atoms with Crippen molar-refractivity contribution in [3.05, 3.63) is 36.2 Å². The lowest BCUT2D eigenvalue weighted by molar-refractivity contribution is 0.686. The molecule has 0 fully saturated rings. The van der Waals surface area contributed by atoms with Crippen LogP contribution < -0.4 is 5.32 Å². The molecule has 0 unspecified atom stereocenters. The molecule has 0 bridgehead atoms. The van der Waals surface area contributed by atoms with E-state index in [9.17, 15) is 0 Å². The number of nitrogens with one attached hydrogen (secondary N) is 1. The maximum atomic E-state index is 4.03. The van der Waals surface area contributed by atoms with Crippen molar-refractivity contribution < 1.29 is 0 Å². The first kappa shape index (κ1) is 13.0. The van der Waals surface area contributed by atoms with Gasteiger partial charge in [0.05, 0.1) is 0 Å². The van der Waals surface area contributed by atoms with E-state index in [0.717, 1.165) is 11.4 Å². The lowest BCUT2D eigenvalue weighted by Gasteiger charge is -2.19. The molecular formula is C13H23N. The first-order valence-electron chi connectivity index (χ1n) is 5.21. The molecule has 0 aliphatic carbocycles. The van der Waals surface area contributed by atoms with Crippen LogP contribution in [0.1, 0.15) is 34.6 Å². The Morgan fingerprint density at radius 1 is 1.07 bits per heavy atom. The monoisotopic (exact) mass is 193 g/mol. The van der Waals surface area contributed by atoms with Crippen LogP contribution in [0.25, 0.3) is 0 Å². The Bertz CT molecular complexity index is 244. The molecule has 0 saturated carbocycles. The minimum Gasteiger partial charge on any atom is -0.359 e. The fraction of sp³-hybridized carbons (Fsp3) is 0.538. The van der Waals surface area contributed by atoms with Gasteiger partial charge in [0.1, 0.15) is 0 Å². The Hall–Kier alpha value is -0.980. The number of allylic oxidation sites excluding steroid dienone is 3. The molecule has 1 N–H and O–H groups in total. The Morgan fingerprint density at radius 2 is 1.57 bits per heavy atom. The quantitative estimate of drug-likeness (QED) is 0.654. The summed E-state index contributed by atoms with van der Waals surface area (Å²) < 4.78 is 0. The van der Waals surface area contributed by atoms with Gasteiger partial charge in [0.2, 0.25) is 0 Å². The van der Waals surface area contributed by atoms with Crippen molar-refractivity contribution in [3.63, 3.8) is 0 Å². The minimum atomic E-state index is 0.442. The second-order valence-electron chi connectivity index (χ2n) is 4.18. The summed E-state index contributed by atoms with van der Waals surface area (Å²) in [5, 5.41) is 3.25. The van der Waals surface area contributed by atoms with E-state index in [0.29, 0.717) is 11.8 Å². The van der Waals surface area contributed by atoms with Crippen LogP contribution in [0.4, 0.5) is 0 Å². The molecule has 0 atom stereocenters. The third-order valence-corrected chi connectivity index (χ3v) is 2.29. The largest absolute Gasteiger partial charge is 0.359 e. The van der Waals surface area contributed by atoms with Gasteiger partial charge in [-0.15, -0.1) is 0 Å². The summed E-state index contributed by atoms with van der Waals surface area (Å²) in [7, 11) is 0. The van der Waals surface area contributed by atoms with Gasteiger partial charge in [0.15, 0.2) is 0 Å². The van der Waals surface area contributed by atoms with Crippen LogP contribution in [0.2, 0.25) is 0 Å². The van der Waals surface area contributed by atoms with Gasteiger partial charge in [-0.3, -0.25) is 0 Å². The predicted molar refractivity (Wildman–Crippen MR) is 64.8 cm³/mol. The molecule has 0 aromatic carbocycles. The SMILES string of the molecule is C=C(NC(=C)C(C)C)/C(=C\C)C(C)C. The number of hydrogen-bond acceptors (Lipinski definition) is 1. The maximum Gasteiger partial charge on any atom is 0.0340 e. The Labute approximate surface area is 88.6 Å². The van der Waals surface area contributed by atoms with Gasteiger partial charge in [0, 0.05) is 11.4 Å². The van der Waals surface area contributed by atoms with Crippen molar-refractivity contribution >= 4 is 0 Å². The van der Waals surface area contributed by atoms with Crippen LogP contribution in [-0.2, 0) is 0 Å². The lowest BCUT2D eigenvalue weighted by Crippen LogP contribution is -2.18. The first-order chi connectivity index (χ1) is 6.40. The Balaban J connectivity index is 4.42. The fourth-order valence-corrected chi connectivity index (χ4v) is 1.27. The van der Waals surface area contributed by atoms with Crippen molar-refractivity contribution in [2.24, 2.45) is 11.8 Å². The molecule has 0 spiro atoms. The topological polar surface area (TPSA) is 12.0 Å². The second-order valence-corrected chi connectivity index (χ2v) is 4.18. The molecule has 1 heteroatoms. The van der Waals surface area contributed by atoms with Gasteiger partial charge < -0.3 is 5.32 Å². The van der Waals surface area contributed by atoms with Crippen molar-refractivity contribution in [3.8, 4) is 0 Å². The van der Waals surface area contributed by atoms with Gasteiger partial charge in [0.25, 0.3) is 0 Å². The van der Waals surface area contributed by atoms with Crippen molar-refractivity contribution in [2.75, 3.05) is 0 Å². The first-order valence-corrected chi connectivity index (χ1v) is 5.21. The zero-order valence-corrected chi connectivity index (χ0v) is 10.1. The molecule has 0 aromatic heterocycles. The van der Waals surface area contributed by atoms with Gasteiger partial charge >= 0.3 is 0 Å². The summed E-state index contributed by atoms with van der Waals surface area (Å²) in [4.78, 5) is 0. The second kappa shape index (κ2) is 5.69. The van der Waals surface area contributed by atoms with Crippen LogP contribution in [0.3, 0.4) is 0 Å². The lowest BCUT2D eigenvalue weighted by atomic mass is 10.00. The molecule has 0 amide bonds. The highest BCUT2D eigenvalue weighted by Crippen LogP contribution is 2.17. The maximum absolute atomic E-state index is 4.03. The summed E-state index contributed by atoms with van der Waals surface area (Å²) in [6, 6.07) is 0. The van der Waals surface area contributed by atoms with E-state index < -0.39 is 0 Å². The Kier molecular flexibility index (Phi) is 5.29. The van der Waals surface area contributed by atoms with E-state index in [1.807, 2.05) is 6.92 Å². The zero-order valence-electron chi connectivity index (χ0n) is 10.1. The molecule has 0 aromatic rings. The average molecular weight is 193 g/mol. The third kappa shape index (κ3) is 3.82. The number of rotatable bonds is 5. The van der Waals surface area contributed by atoms with Gasteiger partial charge in [-0.2, -0.15) is 0 Å². The number of hydrogen-bond donors (Lipinski definition) is 1. The summed E-state index contributed by atoms with van der Waals surface area (Å²) in [5.41, 5.74) is 3.25. The third-order valence-electron chi connectivity index (χ3n) is 2.29. The standard InChI is InChI=1S/C13H23N/c1-8-13(10(4)5)12(7)14-11(6)9(2)3/h8-10,14H,6-7H2,1-5H3/b13-8-. The van der Waals surface area contributed by atoms with Crippen LogP contribution in [0.5, 0.6) is 0 Å².